The third-order valence-corrected chi connectivity index (χ3v) is 4.53. The van der Waals surface area contributed by atoms with Gasteiger partial charge in [-0.05, 0) is 59.1 Å². The van der Waals surface area contributed by atoms with Crippen molar-refractivity contribution in [1.82, 2.24) is 15.2 Å². The fourth-order valence-electron chi connectivity index (χ4n) is 3.77. The fourth-order valence-corrected chi connectivity index (χ4v) is 3.77. The van der Waals surface area contributed by atoms with Crippen molar-refractivity contribution in [3.63, 3.8) is 0 Å². The smallest absolute Gasteiger partial charge is 0.120 e. The highest BCUT2D eigenvalue weighted by atomic mass is 15.1. The van der Waals surface area contributed by atoms with Crippen LogP contribution in [0.5, 0.6) is 0 Å². The summed E-state index contributed by atoms with van der Waals surface area (Å²) in [7, 11) is 1.95. The van der Waals surface area contributed by atoms with Crippen molar-refractivity contribution in [1.29, 1.82) is 5.26 Å². The average Bonchev–Trinajstić information content (AvgIpc) is 2.60. The normalized spacial score (nSPS) is 21.2. The third-order valence-electron chi connectivity index (χ3n) is 4.53. The van der Waals surface area contributed by atoms with Crippen LogP contribution in [0.2, 0.25) is 0 Å². The topological polar surface area (TPSA) is 52.8 Å². The molecule has 0 unspecified atom stereocenters. The maximum atomic E-state index is 9.11. The number of hydrogen-bond acceptors (Lipinski definition) is 3. The van der Waals surface area contributed by atoms with Crippen LogP contribution in [-0.2, 0) is 13.6 Å². The van der Waals surface area contributed by atoms with E-state index in [9.17, 15) is 0 Å². The number of nitrogens with one attached hydrogen (secondary N) is 2. The molecule has 1 aliphatic rings. The molecule has 0 radical (unpaired) electrons. The van der Waals surface area contributed by atoms with Gasteiger partial charge in [0.05, 0.1) is 0 Å². The van der Waals surface area contributed by atoms with Gasteiger partial charge in [-0.25, -0.2) is 0 Å². The van der Waals surface area contributed by atoms with Crippen molar-refractivity contribution < 1.29 is 0 Å². The second-order valence-electron chi connectivity index (χ2n) is 7.69. The predicted molar refractivity (Wildman–Crippen MR) is 86.0 cm³/mol. The van der Waals surface area contributed by atoms with Gasteiger partial charge in [0.15, 0.2) is 0 Å². The van der Waals surface area contributed by atoms with Crippen molar-refractivity contribution >= 4 is 0 Å². The van der Waals surface area contributed by atoms with Crippen molar-refractivity contribution in [3.8, 4) is 6.07 Å². The molecule has 1 fully saturated rings. The number of rotatable bonds is 3. The van der Waals surface area contributed by atoms with E-state index >= 15 is 0 Å². The Bertz CT molecular complexity index is 544. The van der Waals surface area contributed by atoms with Crippen molar-refractivity contribution in [2.24, 2.45) is 7.05 Å². The van der Waals surface area contributed by atoms with E-state index < -0.39 is 0 Å². The molecule has 1 aliphatic heterocycles. The first-order valence-corrected chi connectivity index (χ1v) is 7.71. The van der Waals surface area contributed by atoms with Crippen LogP contribution < -0.4 is 10.6 Å². The lowest BCUT2D eigenvalue weighted by atomic mass is 9.79. The van der Waals surface area contributed by atoms with E-state index in [1.54, 1.807) is 0 Å². The molecule has 0 amide bonds. The largest absolute Gasteiger partial charge is 0.340 e. The van der Waals surface area contributed by atoms with Gasteiger partial charge < -0.3 is 15.2 Å². The molecule has 0 spiro atoms. The first kappa shape index (κ1) is 16.1. The summed E-state index contributed by atoms with van der Waals surface area (Å²) in [5, 5.41) is 16.5. The third kappa shape index (κ3) is 3.66. The zero-order valence-electron chi connectivity index (χ0n) is 14.2. The minimum absolute atomic E-state index is 0.156. The maximum Gasteiger partial charge on any atom is 0.120 e. The number of piperidine rings is 1. The number of nitriles is 1. The Balaban J connectivity index is 2.05. The standard InChI is InChI=1S/C17H28N4/c1-12-13(7-15(10-18)21(12)6)11-19-14-8-16(2,3)20-17(4,5)9-14/h7,14,19-20H,8-9,11H2,1-6H3. The van der Waals surface area contributed by atoms with Crippen LogP contribution in [0.15, 0.2) is 6.07 Å². The van der Waals surface area contributed by atoms with E-state index in [2.05, 4.69) is 51.3 Å². The van der Waals surface area contributed by atoms with Gasteiger partial charge >= 0.3 is 0 Å². The second-order valence-corrected chi connectivity index (χ2v) is 7.69. The summed E-state index contributed by atoms with van der Waals surface area (Å²) in [6, 6.07) is 4.75. The van der Waals surface area contributed by atoms with Crippen LogP contribution in [0.1, 0.15) is 57.5 Å². The van der Waals surface area contributed by atoms with Crippen molar-refractivity contribution in [2.75, 3.05) is 0 Å². The van der Waals surface area contributed by atoms with Crippen LogP contribution in [0.3, 0.4) is 0 Å². The minimum Gasteiger partial charge on any atom is -0.340 e. The summed E-state index contributed by atoms with van der Waals surface area (Å²) in [6.45, 7) is 12.0. The highest BCUT2D eigenvalue weighted by Gasteiger charge is 2.37. The van der Waals surface area contributed by atoms with Crippen LogP contribution in [0.25, 0.3) is 0 Å². The molecule has 2 heterocycles. The van der Waals surface area contributed by atoms with E-state index in [-0.39, 0.29) is 11.1 Å². The number of hydrogen-bond donors (Lipinski definition) is 2. The molecule has 1 aromatic rings. The molecule has 1 saturated heterocycles. The lowest BCUT2D eigenvalue weighted by molar-refractivity contribution is 0.145. The Labute approximate surface area is 128 Å². The van der Waals surface area contributed by atoms with E-state index in [0.29, 0.717) is 6.04 Å². The lowest BCUT2D eigenvalue weighted by Crippen LogP contribution is -2.61. The monoisotopic (exact) mass is 288 g/mol. The first-order chi connectivity index (χ1) is 9.63. The molecular formula is C17H28N4. The fraction of sp³-hybridized carbons (Fsp3) is 0.706. The van der Waals surface area contributed by atoms with Gasteiger partial charge in [-0.1, -0.05) is 0 Å². The average molecular weight is 288 g/mol. The quantitative estimate of drug-likeness (QED) is 0.899. The summed E-state index contributed by atoms with van der Waals surface area (Å²) in [4.78, 5) is 0. The van der Waals surface area contributed by atoms with Crippen LogP contribution in [-0.4, -0.2) is 21.7 Å². The van der Waals surface area contributed by atoms with Crippen LogP contribution >= 0.6 is 0 Å². The predicted octanol–water partition coefficient (Wildman–Crippen LogP) is 2.60. The van der Waals surface area contributed by atoms with Gasteiger partial charge in [0, 0.05) is 36.4 Å². The van der Waals surface area contributed by atoms with Gasteiger partial charge in [-0.15, -0.1) is 0 Å². The molecule has 116 valence electrons. The Morgan fingerprint density at radius 1 is 1.33 bits per heavy atom. The van der Waals surface area contributed by atoms with Gasteiger partial charge in [0.25, 0.3) is 0 Å². The lowest BCUT2D eigenvalue weighted by Gasteiger charge is -2.46. The summed E-state index contributed by atoms with van der Waals surface area (Å²) in [5.41, 5.74) is 3.44. The summed E-state index contributed by atoms with van der Waals surface area (Å²) in [5.74, 6) is 0. The molecule has 0 aliphatic carbocycles. The summed E-state index contributed by atoms with van der Waals surface area (Å²) < 4.78 is 1.97. The Morgan fingerprint density at radius 3 is 2.38 bits per heavy atom. The molecule has 2 N–H and O–H groups in total. The van der Waals surface area contributed by atoms with Gasteiger partial charge in [-0.3, -0.25) is 0 Å². The highest BCUT2D eigenvalue weighted by molar-refractivity contribution is 5.34. The van der Waals surface area contributed by atoms with E-state index in [1.165, 1.54) is 11.3 Å². The second kappa shape index (κ2) is 5.47. The summed E-state index contributed by atoms with van der Waals surface area (Å²) >= 11 is 0. The van der Waals surface area contributed by atoms with Crippen molar-refractivity contribution in [2.45, 2.75) is 71.1 Å². The van der Waals surface area contributed by atoms with E-state index in [0.717, 1.165) is 25.1 Å². The SMILES string of the molecule is Cc1c(CNC2CC(C)(C)NC(C)(C)C2)cc(C#N)n1C. The molecule has 4 nitrogen and oxygen atoms in total. The van der Waals surface area contributed by atoms with Gasteiger partial charge in [0.1, 0.15) is 11.8 Å². The number of nitrogens with zero attached hydrogens (tertiary/aromatic N) is 2. The van der Waals surface area contributed by atoms with Crippen molar-refractivity contribution in [3.05, 3.63) is 23.0 Å². The first-order valence-electron chi connectivity index (χ1n) is 7.71. The molecule has 1 aromatic heterocycles. The van der Waals surface area contributed by atoms with E-state index in [1.807, 2.05) is 17.7 Å². The zero-order valence-corrected chi connectivity index (χ0v) is 14.2. The molecule has 0 atom stereocenters. The number of aromatic nitrogens is 1. The Hall–Kier alpha value is -1.31. The molecule has 0 saturated carbocycles. The molecular weight excluding hydrogens is 260 g/mol. The van der Waals surface area contributed by atoms with Crippen LogP contribution in [0, 0.1) is 18.3 Å². The molecule has 4 heteroatoms. The molecule has 21 heavy (non-hydrogen) atoms. The highest BCUT2D eigenvalue weighted by Crippen LogP contribution is 2.28. The Morgan fingerprint density at radius 2 is 1.90 bits per heavy atom. The van der Waals surface area contributed by atoms with Gasteiger partial charge in [0.2, 0.25) is 0 Å². The van der Waals surface area contributed by atoms with Gasteiger partial charge in [-0.2, -0.15) is 5.26 Å². The summed E-state index contributed by atoms with van der Waals surface area (Å²) in [6.07, 6.45) is 2.24. The van der Waals surface area contributed by atoms with E-state index in [4.69, 9.17) is 5.26 Å². The molecule has 0 aromatic carbocycles. The maximum absolute atomic E-state index is 9.11. The molecule has 0 bridgehead atoms. The molecule has 2 rings (SSSR count). The van der Waals surface area contributed by atoms with Crippen LogP contribution in [0.4, 0.5) is 0 Å². The zero-order chi connectivity index (χ0) is 15.8. The Kier molecular flexibility index (Phi) is 4.19. The minimum atomic E-state index is 0.156.